The molecule has 2 amide bonds. The number of carbonyl (C=O) groups excluding carboxylic acids is 2. The number of halogens is 1. The number of hydrogen-bond acceptors (Lipinski definition) is 5. The van der Waals surface area contributed by atoms with Crippen LogP contribution in [-0.4, -0.2) is 56.6 Å². The highest BCUT2D eigenvalue weighted by Gasteiger charge is 2.31. The van der Waals surface area contributed by atoms with Gasteiger partial charge in [0, 0.05) is 25.2 Å². The molecule has 0 radical (unpaired) electrons. The molecule has 0 spiro atoms. The Kier molecular flexibility index (Phi) is 5.59. The molecule has 2 aromatic rings. The average Bonchev–Trinajstić information content (AvgIpc) is 2.93. The van der Waals surface area contributed by atoms with Crippen LogP contribution in [0.25, 0.3) is 0 Å². The summed E-state index contributed by atoms with van der Waals surface area (Å²) in [7, 11) is -0.416. The first-order valence-corrected chi connectivity index (χ1v) is 10.0. The van der Waals surface area contributed by atoms with Gasteiger partial charge in [0.1, 0.15) is 5.82 Å². The minimum Gasteiger partial charge on any atom is -0.308 e. The zero-order valence-electron chi connectivity index (χ0n) is 15.5. The van der Waals surface area contributed by atoms with Crippen LogP contribution in [0.1, 0.15) is 26.3 Å². The van der Waals surface area contributed by atoms with Crippen LogP contribution in [0.2, 0.25) is 0 Å². The van der Waals surface area contributed by atoms with Crippen molar-refractivity contribution in [1.29, 1.82) is 0 Å². The predicted molar refractivity (Wildman–Crippen MR) is 101 cm³/mol. The molecule has 0 aliphatic carbocycles. The van der Waals surface area contributed by atoms with Crippen molar-refractivity contribution in [3.63, 3.8) is 0 Å². The van der Waals surface area contributed by atoms with Gasteiger partial charge in [-0.1, -0.05) is 18.2 Å². The van der Waals surface area contributed by atoms with Gasteiger partial charge < -0.3 is 4.90 Å². The fourth-order valence-electron chi connectivity index (χ4n) is 2.87. The van der Waals surface area contributed by atoms with Crippen LogP contribution in [0.5, 0.6) is 0 Å². The SMILES string of the molecule is CN(C)CCN(Cc1ccccc1F)S(=O)(=O)c1ccc2c(c1)C(=O)NC2=O. The summed E-state index contributed by atoms with van der Waals surface area (Å²) in [4.78, 5) is 25.3. The van der Waals surface area contributed by atoms with Gasteiger partial charge in [0.2, 0.25) is 10.0 Å². The summed E-state index contributed by atoms with van der Waals surface area (Å²) in [6.45, 7) is 0.411. The normalized spacial score (nSPS) is 13.9. The second-order valence-corrected chi connectivity index (χ2v) is 8.66. The van der Waals surface area contributed by atoms with E-state index in [-0.39, 0.29) is 34.7 Å². The number of likely N-dealkylation sites (N-methyl/N-ethyl adjacent to an activating group) is 1. The summed E-state index contributed by atoms with van der Waals surface area (Å²) >= 11 is 0. The van der Waals surface area contributed by atoms with Crippen LogP contribution >= 0.6 is 0 Å². The lowest BCUT2D eigenvalue weighted by Crippen LogP contribution is -2.36. The molecule has 0 unspecified atom stereocenters. The lowest BCUT2D eigenvalue weighted by atomic mass is 10.1. The summed E-state index contributed by atoms with van der Waals surface area (Å²) in [5, 5.41) is 2.13. The van der Waals surface area contributed by atoms with Crippen LogP contribution < -0.4 is 5.32 Å². The number of hydrogen-bond donors (Lipinski definition) is 1. The quantitative estimate of drug-likeness (QED) is 0.705. The van der Waals surface area contributed by atoms with E-state index in [9.17, 15) is 22.4 Å². The monoisotopic (exact) mass is 405 g/mol. The molecule has 0 bridgehead atoms. The Morgan fingerprint density at radius 2 is 1.64 bits per heavy atom. The van der Waals surface area contributed by atoms with E-state index < -0.39 is 27.7 Å². The third-order valence-electron chi connectivity index (χ3n) is 4.45. The van der Waals surface area contributed by atoms with Gasteiger partial charge in [-0.25, -0.2) is 12.8 Å². The van der Waals surface area contributed by atoms with Gasteiger partial charge in [-0.3, -0.25) is 14.9 Å². The van der Waals surface area contributed by atoms with Gasteiger partial charge in [0.05, 0.1) is 16.0 Å². The number of fused-ring (bicyclic) bond motifs is 1. The molecule has 1 N–H and O–H groups in total. The van der Waals surface area contributed by atoms with Crippen LogP contribution in [0.4, 0.5) is 4.39 Å². The number of carbonyl (C=O) groups is 2. The van der Waals surface area contributed by atoms with Crippen molar-refractivity contribution in [2.75, 3.05) is 27.2 Å². The summed E-state index contributed by atoms with van der Waals surface area (Å²) in [5.41, 5.74) is 0.404. The minimum absolute atomic E-state index is 0.0181. The predicted octanol–water partition coefficient (Wildman–Crippen LogP) is 1.46. The fraction of sp³-hybridized carbons (Fsp3) is 0.263. The topological polar surface area (TPSA) is 86.8 Å². The third kappa shape index (κ3) is 3.96. The summed E-state index contributed by atoms with van der Waals surface area (Å²) < 4.78 is 41.7. The molecular weight excluding hydrogens is 385 g/mol. The number of amides is 2. The minimum atomic E-state index is -4.03. The molecule has 3 rings (SSSR count). The Balaban J connectivity index is 1.98. The zero-order chi connectivity index (χ0) is 20.5. The van der Waals surface area contributed by atoms with Gasteiger partial charge in [-0.2, -0.15) is 4.31 Å². The lowest BCUT2D eigenvalue weighted by Gasteiger charge is -2.24. The molecule has 9 heteroatoms. The van der Waals surface area contributed by atoms with Crippen LogP contribution in [0, 0.1) is 5.82 Å². The van der Waals surface area contributed by atoms with Gasteiger partial charge in [-0.05, 0) is 38.4 Å². The number of nitrogens with zero attached hydrogens (tertiary/aromatic N) is 2. The van der Waals surface area contributed by atoms with E-state index in [0.29, 0.717) is 6.54 Å². The molecular formula is C19H20FN3O4S. The standard InChI is InChI=1S/C19H20FN3O4S/c1-22(2)9-10-23(12-13-5-3-4-6-17(13)20)28(26,27)14-7-8-15-16(11-14)19(25)21-18(15)24/h3-8,11H,9-10,12H2,1-2H3,(H,21,24,25). The molecule has 0 atom stereocenters. The van der Waals surface area contributed by atoms with E-state index in [2.05, 4.69) is 5.32 Å². The van der Waals surface area contributed by atoms with E-state index in [4.69, 9.17) is 0 Å². The Morgan fingerprint density at radius 3 is 2.32 bits per heavy atom. The van der Waals surface area contributed by atoms with Crippen molar-refractivity contribution < 1.29 is 22.4 Å². The Morgan fingerprint density at radius 1 is 0.964 bits per heavy atom. The molecule has 1 aliphatic heterocycles. The second kappa shape index (κ2) is 7.78. The maximum absolute atomic E-state index is 14.1. The van der Waals surface area contributed by atoms with Gasteiger partial charge in [0.25, 0.3) is 11.8 Å². The second-order valence-electron chi connectivity index (χ2n) is 6.72. The van der Waals surface area contributed by atoms with Gasteiger partial charge in [0.15, 0.2) is 0 Å². The first-order valence-electron chi connectivity index (χ1n) is 8.58. The molecule has 0 aromatic heterocycles. The van der Waals surface area contributed by atoms with Crippen molar-refractivity contribution in [2.45, 2.75) is 11.4 Å². The highest BCUT2D eigenvalue weighted by molar-refractivity contribution is 7.89. The number of benzene rings is 2. The van der Waals surface area contributed by atoms with E-state index in [0.717, 1.165) is 0 Å². The first-order chi connectivity index (χ1) is 13.2. The lowest BCUT2D eigenvalue weighted by molar-refractivity contribution is 0.0879. The van der Waals surface area contributed by atoms with Crippen LogP contribution in [-0.2, 0) is 16.6 Å². The molecule has 7 nitrogen and oxygen atoms in total. The maximum Gasteiger partial charge on any atom is 0.258 e. The van der Waals surface area contributed by atoms with E-state index >= 15 is 0 Å². The van der Waals surface area contributed by atoms with Gasteiger partial charge in [-0.15, -0.1) is 0 Å². The molecule has 0 saturated heterocycles. The third-order valence-corrected chi connectivity index (χ3v) is 6.29. The molecule has 28 heavy (non-hydrogen) atoms. The highest BCUT2D eigenvalue weighted by atomic mass is 32.2. The summed E-state index contributed by atoms with van der Waals surface area (Å²) in [5.74, 6) is -1.68. The number of sulfonamides is 1. The van der Waals surface area contributed by atoms with Crippen molar-refractivity contribution in [1.82, 2.24) is 14.5 Å². The van der Waals surface area contributed by atoms with Gasteiger partial charge >= 0.3 is 0 Å². The van der Waals surface area contributed by atoms with Crippen molar-refractivity contribution in [3.05, 3.63) is 65.0 Å². The fourth-order valence-corrected chi connectivity index (χ4v) is 4.30. The molecule has 0 saturated carbocycles. The van der Waals surface area contributed by atoms with Crippen LogP contribution in [0.3, 0.4) is 0 Å². The largest absolute Gasteiger partial charge is 0.308 e. The van der Waals surface area contributed by atoms with Crippen molar-refractivity contribution in [2.24, 2.45) is 0 Å². The van der Waals surface area contributed by atoms with Crippen LogP contribution in [0.15, 0.2) is 47.4 Å². The smallest absolute Gasteiger partial charge is 0.258 e. The highest BCUT2D eigenvalue weighted by Crippen LogP contribution is 2.24. The Hall–Kier alpha value is -2.62. The van der Waals surface area contributed by atoms with E-state index in [1.165, 1.54) is 40.7 Å². The summed E-state index contributed by atoms with van der Waals surface area (Å²) in [6, 6.07) is 9.77. The molecule has 2 aromatic carbocycles. The number of nitrogens with one attached hydrogen (secondary N) is 1. The zero-order valence-corrected chi connectivity index (χ0v) is 16.3. The Bertz CT molecular complexity index is 1040. The first kappa shape index (κ1) is 20.1. The van der Waals surface area contributed by atoms with Crippen molar-refractivity contribution in [3.8, 4) is 0 Å². The molecule has 148 valence electrons. The molecule has 1 aliphatic rings. The molecule has 0 fully saturated rings. The number of imide groups is 1. The van der Waals surface area contributed by atoms with E-state index in [1.54, 1.807) is 20.2 Å². The Labute approximate surface area is 162 Å². The molecule has 1 heterocycles. The van der Waals surface area contributed by atoms with Crippen molar-refractivity contribution >= 4 is 21.8 Å². The van der Waals surface area contributed by atoms with E-state index in [1.807, 2.05) is 4.90 Å². The number of rotatable bonds is 7. The summed E-state index contributed by atoms with van der Waals surface area (Å²) in [6.07, 6.45) is 0. The maximum atomic E-state index is 14.1. The average molecular weight is 405 g/mol.